The van der Waals surface area contributed by atoms with Crippen molar-refractivity contribution in [2.75, 3.05) is 31.1 Å². The number of aromatic nitrogens is 2. The van der Waals surface area contributed by atoms with Crippen molar-refractivity contribution >= 4 is 33.5 Å². The Morgan fingerprint density at radius 3 is 2.64 bits per heavy atom. The average molecular weight is 354 g/mol. The number of nitrogens with zero attached hydrogens (tertiary/aromatic N) is 4. The van der Waals surface area contributed by atoms with E-state index in [-0.39, 0.29) is 6.09 Å². The fourth-order valence-corrected chi connectivity index (χ4v) is 3.81. The molecule has 0 aliphatic carbocycles. The molecule has 1 fully saturated rings. The second-order valence-corrected chi connectivity index (χ2v) is 7.16. The fourth-order valence-electron chi connectivity index (χ4n) is 2.97. The van der Waals surface area contributed by atoms with Gasteiger partial charge in [-0.3, -0.25) is 0 Å². The van der Waals surface area contributed by atoms with Gasteiger partial charge in [-0.25, -0.2) is 14.8 Å². The van der Waals surface area contributed by atoms with Crippen LogP contribution in [0.3, 0.4) is 0 Å². The second-order valence-electron chi connectivity index (χ2n) is 5.93. The van der Waals surface area contributed by atoms with E-state index >= 15 is 0 Å². The standard InChI is InChI=1S/C18H18N4O2S/c1-13-11-15-16(19-12-20-17(15)25-13)21-7-9-22(10-8-21)18(23)24-14-5-3-2-4-6-14/h2-6,11-12H,7-10H2,1H3. The van der Waals surface area contributed by atoms with Gasteiger partial charge in [-0.1, -0.05) is 18.2 Å². The molecule has 0 bridgehead atoms. The van der Waals surface area contributed by atoms with Crippen molar-refractivity contribution in [3.63, 3.8) is 0 Å². The molecule has 0 spiro atoms. The zero-order chi connectivity index (χ0) is 17.2. The Balaban J connectivity index is 1.43. The quantitative estimate of drug-likeness (QED) is 0.706. The SMILES string of the molecule is Cc1cc2c(N3CCN(C(=O)Oc4ccccc4)CC3)ncnc2s1. The van der Waals surface area contributed by atoms with Crippen molar-refractivity contribution in [2.45, 2.75) is 6.92 Å². The highest BCUT2D eigenvalue weighted by Gasteiger charge is 2.24. The smallest absolute Gasteiger partial charge is 0.410 e. The van der Waals surface area contributed by atoms with Crippen molar-refractivity contribution in [2.24, 2.45) is 0 Å². The molecule has 0 saturated carbocycles. The minimum Gasteiger partial charge on any atom is -0.410 e. The van der Waals surface area contributed by atoms with Crippen LogP contribution in [0.5, 0.6) is 5.75 Å². The van der Waals surface area contributed by atoms with Gasteiger partial charge in [0.2, 0.25) is 0 Å². The zero-order valence-corrected chi connectivity index (χ0v) is 14.7. The number of piperazine rings is 1. The highest BCUT2D eigenvalue weighted by molar-refractivity contribution is 7.18. The van der Waals surface area contributed by atoms with Crippen LogP contribution in [0.2, 0.25) is 0 Å². The summed E-state index contributed by atoms with van der Waals surface area (Å²) < 4.78 is 5.41. The van der Waals surface area contributed by atoms with Crippen LogP contribution in [0.1, 0.15) is 4.88 Å². The molecule has 3 aromatic rings. The molecule has 2 aromatic heterocycles. The van der Waals surface area contributed by atoms with Crippen molar-refractivity contribution in [3.05, 3.63) is 47.6 Å². The molecule has 1 aliphatic heterocycles. The number of thiophene rings is 1. The highest BCUT2D eigenvalue weighted by Crippen LogP contribution is 2.30. The lowest BCUT2D eigenvalue weighted by molar-refractivity contribution is 0.149. The van der Waals surface area contributed by atoms with E-state index in [1.54, 1.807) is 34.7 Å². The van der Waals surface area contributed by atoms with Crippen LogP contribution in [0.4, 0.5) is 10.6 Å². The summed E-state index contributed by atoms with van der Waals surface area (Å²) in [7, 11) is 0. The third kappa shape index (κ3) is 3.28. The molecule has 128 valence electrons. The number of carbonyl (C=O) groups excluding carboxylic acids is 1. The lowest BCUT2D eigenvalue weighted by atomic mass is 10.2. The van der Waals surface area contributed by atoms with Gasteiger partial charge in [-0.05, 0) is 25.1 Å². The number of hydrogen-bond acceptors (Lipinski definition) is 6. The van der Waals surface area contributed by atoms with Gasteiger partial charge >= 0.3 is 6.09 Å². The lowest BCUT2D eigenvalue weighted by Crippen LogP contribution is -2.49. The number of fused-ring (bicyclic) bond motifs is 1. The highest BCUT2D eigenvalue weighted by atomic mass is 32.1. The largest absolute Gasteiger partial charge is 0.415 e. The minimum absolute atomic E-state index is 0.301. The van der Waals surface area contributed by atoms with Crippen LogP contribution in [0, 0.1) is 6.92 Å². The van der Waals surface area contributed by atoms with Gasteiger partial charge in [-0.15, -0.1) is 11.3 Å². The monoisotopic (exact) mass is 354 g/mol. The molecule has 0 atom stereocenters. The summed E-state index contributed by atoms with van der Waals surface area (Å²) in [6.45, 7) is 4.75. The molecule has 1 amide bonds. The number of carbonyl (C=O) groups is 1. The molecule has 7 heteroatoms. The normalized spacial score (nSPS) is 14.8. The van der Waals surface area contributed by atoms with E-state index < -0.39 is 0 Å². The summed E-state index contributed by atoms with van der Waals surface area (Å²) in [6, 6.07) is 11.3. The van der Waals surface area contributed by atoms with Crippen LogP contribution in [0.25, 0.3) is 10.2 Å². The van der Waals surface area contributed by atoms with Gasteiger partial charge in [0.05, 0.1) is 5.39 Å². The maximum absolute atomic E-state index is 12.3. The molecule has 4 rings (SSSR count). The van der Waals surface area contributed by atoms with E-state index in [2.05, 4.69) is 27.9 Å². The molecule has 1 aromatic carbocycles. The first-order chi connectivity index (χ1) is 12.2. The van der Waals surface area contributed by atoms with E-state index in [0.29, 0.717) is 18.8 Å². The Morgan fingerprint density at radius 2 is 1.88 bits per heavy atom. The van der Waals surface area contributed by atoms with Gasteiger partial charge in [-0.2, -0.15) is 0 Å². The maximum Gasteiger partial charge on any atom is 0.415 e. The summed E-state index contributed by atoms with van der Waals surface area (Å²) in [6.07, 6.45) is 1.31. The molecule has 6 nitrogen and oxygen atoms in total. The van der Waals surface area contributed by atoms with E-state index in [0.717, 1.165) is 29.1 Å². The predicted molar refractivity (Wildman–Crippen MR) is 98.4 cm³/mol. The average Bonchev–Trinajstić information content (AvgIpc) is 3.03. The van der Waals surface area contributed by atoms with Crippen molar-refractivity contribution in [3.8, 4) is 5.75 Å². The van der Waals surface area contributed by atoms with Crippen molar-refractivity contribution in [1.82, 2.24) is 14.9 Å². The van der Waals surface area contributed by atoms with E-state index in [1.807, 2.05) is 18.2 Å². The van der Waals surface area contributed by atoms with Gasteiger partial charge in [0.15, 0.2) is 0 Å². The Bertz CT molecular complexity index is 888. The van der Waals surface area contributed by atoms with Crippen LogP contribution >= 0.6 is 11.3 Å². The first-order valence-electron chi connectivity index (χ1n) is 8.18. The van der Waals surface area contributed by atoms with E-state index in [1.165, 1.54) is 4.88 Å². The molecule has 0 N–H and O–H groups in total. The number of benzene rings is 1. The van der Waals surface area contributed by atoms with Crippen LogP contribution in [0.15, 0.2) is 42.7 Å². The molecule has 0 unspecified atom stereocenters. The predicted octanol–water partition coefficient (Wildman–Crippen LogP) is 3.32. The number of para-hydroxylation sites is 1. The molecule has 1 aliphatic rings. The Morgan fingerprint density at radius 1 is 1.12 bits per heavy atom. The molecule has 1 saturated heterocycles. The second kappa shape index (κ2) is 6.68. The van der Waals surface area contributed by atoms with Crippen molar-refractivity contribution < 1.29 is 9.53 Å². The zero-order valence-electron chi connectivity index (χ0n) is 13.9. The maximum atomic E-state index is 12.3. The molecular weight excluding hydrogens is 336 g/mol. The topological polar surface area (TPSA) is 58.6 Å². The third-order valence-corrected chi connectivity index (χ3v) is 5.18. The van der Waals surface area contributed by atoms with Gasteiger partial charge < -0.3 is 14.5 Å². The van der Waals surface area contributed by atoms with E-state index in [9.17, 15) is 4.79 Å². The van der Waals surface area contributed by atoms with Crippen LogP contribution in [-0.4, -0.2) is 47.1 Å². The van der Waals surface area contributed by atoms with Gasteiger partial charge in [0, 0.05) is 31.1 Å². The summed E-state index contributed by atoms with van der Waals surface area (Å²) in [5.74, 6) is 1.52. The number of amides is 1. The number of rotatable bonds is 2. The minimum atomic E-state index is -0.301. The lowest BCUT2D eigenvalue weighted by Gasteiger charge is -2.34. The Kier molecular flexibility index (Phi) is 4.23. The summed E-state index contributed by atoms with van der Waals surface area (Å²) in [5.41, 5.74) is 0. The Hall–Kier alpha value is -2.67. The summed E-state index contributed by atoms with van der Waals surface area (Å²) in [5, 5.41) is 1.09. The first kappa shape index (κ1) is 15.8. The van der Waals surface area contributed by atoms with Gasteiger partial charge in [0.25, 0.3) is 0 Å². The molecule has 3 heterocycles. The number of ether oxygens (including phenoxy) is 1. The summed E-state index contributed by atoms with van der Waals surface area (Å²) >= 11 is 1.67. The molecular formula is C18H18N4O2S. The Labute approximate surface area is 149 Å². The number of anilines is 1. The van der Waals surface area contributed by atoms with Crippen LogP contribution < -0.4 is 9.64 Å². The molecule has 25 heavy (non-hydrogen) atoms. The van der Waals surface area contributed by atoms with Gasteiger partial charge in [0.1, 0.15) is 22.7 Å². The van der Waals surface area contributed by atoms with E-state index in [4.69, 9.17) is 4.74 Å². The summed E-state index contributed by atoms with van der Waals surface area (Å²) in [4.78, 5) is 27.3. The number of hydrogen-bond donors (Lipinski definition) is 0. The van der Waals surface area contributed by atoms with Crippen LogP contribution in [-0.2, 0) is 0 Å². The van der Waals surface area contributed by atoms with Crippen molar-refractivity contribution in [1.29, 1.82) is 0 Å². The fraction of sp³-hybridized carbons (Fsp3) is 0.278. The number of aryl methyl sites for hydroxylation is 1. The molecule has 0 radical (unpaired) electrons. The third-order valence-electron chi connectivity index (χ3n) is 4.22. The first-order valence-corrected chi connectivity index (χ1v) is 9.00.